The SMILES string of the molecule is Cc1cccc(NC(=O)NCc2ccc3c(c2)C(=O)N(C2CCC(=O)NC2=O)C(C)N3)c1. The van der Waals surface area contributed by atoms with E-state index in [0.29, 0.717) is 16.9 Å². The quantitative estimate of drug-likeness (QED) is 0.550. The topological polar surface area (TPSA) is 120 Å². The molecule has 2 unspecified atom stereocenters. The molecule has 0 aromatic heterocycles. The Morgan fingerprint density at radius 2 is 1.97 bits per heavy atom. The summed E-state index contributed by atoms with van der Waals surface area (Å²) in [6, 6.07) is 11.8. The largest absolute Gasteiger partial charge is 0.365 e. The van der Waals surface area contributed by atoms with Crippen LogP contribution in [0.25, 0.3) is 0 Å². The van der Waals surface area contributed by atoms with E-state index in [9.17, 15) is 19.2 Å². The highest BCUT2D eigenvalue weighted by Gasteiger charge is 2.40. The van der Waals surface area contributed by atoms with E-state index in [1.807, 2.05) is 31.2 Å². The van der Waals surface area contributed by atoms with E-state index >= 15 is 0 Å². The summed E-state index contributed by atoms with van der Waals surface area (Å²) in [5.74, 6) is -1.07. The van der Waals surface area contributed by atoms with E-state index in [2.05, 4.69) is 21.3 Å². The van der Waals surface area contributed by atoms with Crippen LogP contribution in [0.4, 0.5) is 16.2 Å². The first-order valence-electron chi connectivity index (χ1n) is 10.5. The number of carbonyl (C=O) groups excluding carboxylic acids is 4. The summed E-state index contributed by atoms with van der Waals surface area (Å²) in [6.45, 7) is 3.97. The monoisotopic (exact) mass is 435 g/mol. The number of imide groups is 1. The number of hydrogen-bond donors (Lipinski definition) is 4. The minimum absolute atomic E-state index is 0.194. The average Bonchev–Trinajstić information content (AvgIpc) is 2.74. The molecule has 0 aliphatic carbocycles. The number of aryl methyl sites for hydroxylation is 1. The summed E-state index contributed by atoms with van der Waals surface area (Å²) in [5.41, 5.74) is 3.57. The van der Waals surface area contributed by atoms with Crippen LogP contribution < -0.4 is 21.3 Å². The van der Waals surface area contributed by atoms with Gasteiger partial charge in [0.05, 0.1) is 11.7 Å². The Kier molecular flexibility index (Phi) is 5.81. The van der Waals surface area contributed by atoms with Crippen LogP contribution in [0.3, 0.4) is 0 Å². The Morgan fingerprint density at radius 1 is 1.16 bits per heavy atom. The minimum Gasteiger partial charge on any atom is -0.365 e. The lowest BCUT2D eigenvalue weighted by molar-refractivity contribution is -0.137. The van der Waals surface area contributed by atoms with Gasteiger partial charge in [-0.2, -0.15) is 0 Å². The maximum atomic E-state index is 13.2. The van der Waals surface area contributed by atoms with Crippen molar-refractivity contribution in [3.05, 3.63) is 59.2 Å². The third-order valence-corrected chi connectivity index (χ3v) is 5.61. The maximum absolute atomic E-state index is 13.2. The number of nitrogens with one attached hydrogen (secondary N) is 4. The van der Waals surface area contributed by atoms with Crippen molar-refractivity contribution in [3.8, 4) is 0 Å². The van der Waals surface area contributed by atoms with Crippen LogP contribution in [0.15, 0.2) is 42.5 Å². The standard InChI is InChI=1S/C23H25N5O4/c1-13-4-3-5-16(10-13)26-23(32)24-12-15-6-7-18-17(11-15)22(31)28(14(2)25-18)19-8-9-20(29)27-21(19)30/h3-7,10-11,14,19,25H,8-9,12H2,1-2H3,(H2,24,26,32)(H,27,29,30). The van der Waals surface area contributed by atoms with Gasteiger partial charge in [-0.3, -0.25) is 19.7 Å². The Labute approximate surface area is 185 Å². The van der Waals surface area contributed by atoms with Gasteiger partial charge in [0, 0.05) is 24.3 Å². The van der Waals surface area contributed by atoms with Gasteiger partial charge in [-0.1, -0.05) is 18.2 Å². The van der Waals surface area contributed by atoms with E-state index in [1.165, 1.54) is 4.90 Å². The number of nitrogens with zero attached hydrogens (tertiary/aromatic N) is 1. The van der Waals surface area contributed by atoms with Crippen molar-refractivity contribution >= 4 is 35.1 Å². The van der Waals surface area contributed by atoms with Crippen LogP contribution in [-0.4, -0.2) is 40.9 Å². The number of fused-ring (bicyclic) bond motifs is 1. The molecule has 5 amide bonds. The number of benzene rings is 2. The molecule has 2 heterocycles. The highest BCUT2D eigenvalue weighted by atomic mass is 16.2. The fourth-order valence-corrected chi connectivity index (χ4v) is 4.05. The molecule has 2 aromatic rings. The van der Waals surface area contributed by atoms with Gasteiger partial charge in [0.15, 0.2) is 0 Å². The van der Waals surface area contributed by atoms with E-state index in [-0.39, 0.29) is 37.2 Å². The molecule has 0 spiro atoms. The number of amides is 5. The molecule has 9 heteroatoms. The third-order valence-electron chi connectivity index (χ3n) is 5.61. The zero-order valence-electron chi connectivity index (χ0n) is 17.9. The van der Waals surface area contributed by atoms with Crippen LogP contribution in [-0.2, 0) is 16.1 Å². The van der Waals surface area contributed by atoms with Crippen molar-refractivity contribution in [2.45, 2.75) is 45.4 Å². The maximum Gasteiger partial charge on any atom is 0.319 e. The average molecular weight is 435 g/mol. The molecule has 1 saturated heterocycles. The Morgan fingerprint density at radius 3 is 2.72 bits per heavy atom. The fourth-order valence-electron chi connectivity index (χ4n) is 4.05. The van der Waals surface area contributed by atoms with Gasteiger partial charge < -0.3 is 20.9 Å². The van der Waals surface area contributed by atoms with Gasteiger partial charge in [0.2, 0.25) is 11.8 Å². The predicted octanol–water partition coefficient (Wildman–Crippen LogP) is 2.34. The smallest absolute Gasteiger partial charge is 0.319 e. The summed E-state index contributed by atoms with van der Waals surface area (Å²) < 4.78 is 0. The second-order valence-electron chi connectivity index (χ2n) is 8.06. The van der Waals surface area contributed by atoms with Gasteiger partial charge >= 0.3 is 6.03 Å². The fraction of sp³-hybridized carbons (Fsp3) is 0.304. The predicted molar refractivity (Wildman–Crippen MR) is 119 cm³/mol. The molecule has 32 heavy (non-hydrogen) atoms. The zero-order chi connectivity index (χ0) is 22.8. The summed E-state index contributed by atoms with van der Waals surface area (Å²) in [4.78, 5) is 50.7. The zero-order valence-corrected chi connectivity index (χ0v) is 17.9. The summed E-state index contributed by atoms with van der Waals surface area (Å²) >= 11 is 0. The lowest BCUT2D eigenvalue weighted by Crippen LogP contribution is -2.60. The number of carbonyl (C=O) groups is 4. The second-order valence-corrected chi connectivity index (χ2v) is 8.06. The van der Waals surface area contributed by atoms with Crippen molar-refractivity contribution in [1.29, 1.82) is 0 Å². The molecule has 1 fully saturated rings. The first kappa shape index (κ1) is 21.4. The Hall–Kier alpha value is -3.88. The number of urea groups is 1. The lowest BCUT2D eigenvalue weighted by Gasteiger charge is -2.41. The number of anilines is 2. The molecule has 2 aliphatic rings. The molecule has 2 atom stereocenters. The highest BCUT2D eigenvalue weighted by Crippen LogP contribution is 2.29. The van der Waals surface area contributed by atoms with Gasteiger partial charge in [-0.15, -0.1) is 0 Å². The normalized spacial score (nSPS) is 20.2. The van der Waals surface area contributed by atoms with Crippen molar-refractivity contribution in [2.24, 2.45) is 0 Å². The summed E-state index contributed by atoms with van der Waals surface area (Å²) in [6.07, 6.45) is 0.0841. The van der Waals surface area contributed by atoms with Crippen molar-refractivity contribution < 1.29 is 19.2 Å². The molecule has 9 nitrogen and oxygen atoms in total. The first-order valence-corrected chi connectivity index (χ1v) is 10.5. The summed E-state index contributed by atoms with van der Waals surface area (Å²) in [7, 11) is 0. The summed E-state index contributed by atoms with van der Waals surface area (Å²) in [5, 5.41) is 11.1. The van der Waals surface area contributed by atoms with E-state index < -0.39 is 18.1 Å². The molecule has 0 saturated carbocycles. The Bertz CT molecular complexity index is 1100. The second kappa shape index (κ2) is 8.70. The van der Waals surface area contributed by atoms with E-state index in [0.717, 1.165) is 11.1 Å². The van der Waals surface area contributed by atoms with Crippen LogP contribution in [0, 0.1) is 6.92 Å². The number of rotatable bonds is 4. The van der Waals surface area contributed by atoms with Gasteiger partial charge in [0.25, 0.3) is 5.91 Å². The highest BCUT2D eigenvalue weighted by molar-refractivity contribution is 6.06. The molecular formula is C23H25N5O4. The van der Waals surface area contributed by atoms with Crippen molar-refractivity contribution in [3.63, 3.8) is 0 Å². The van der Waals surface area contributed by atoms with Gasteiger partial charge in [0.1, 0.15) is 6.04 Å². The van der Waals surface area contributed by atoms with Gasteiger partial charge in [-0.05, 0) is 55.7 Å². The molecular weight excluding hydrogens is 410 g/mol. The molecule has 2 aliphatic heterocycles. The van der Waals surface area contributed by atoms with Crippen LogP contribution >= 0.6 is 0 Å². The Balaban J connectivity index is 1.45. The molecule has 166 valence electrons. The molecule has 4 N–H and O–H groups in total. The molecule has 0 radical (unpaired) electrons. The minimum atomic E-state index is -0.710. The van der Waals surface area contributed by atoms with Gasteiger partial charge in [-0.25, -0.2) is 4.79 Å². The van der Waals surface area contributed by atoms with Crippen LogP contribution in [0.2, 0.25) is 0 Å². The lowest BCUT2D eigenvalue weighted by atomic mass is 9.98. The molecule has 4 rings (SSSR count). The van der Waals surface area contributed by atoms with E-state index in [4.69, 9.17) is 0 Å². The van der Waals surface area contributed by atoms with Crippen molar-refractivity contribution in [2.75, 3.05) is 10.6 Å². The first-order chi connectivity index (χ1) is 15.3. The van der Waals surface area contributed by atoms with E-state index in [1.54, 1.807) is 25.1 Å². The van der Waals surface area contributed by atoms with Crippen LogP contribution in [0.1, 0.15) is 41.3 Å². The number of hydrogen-bond acceptors (Lipinski definition) is 5. The van der Waals surface area contributed by atoms with Crippen LogP contribution in [0.5, 0.6) is 0 Å². The molecule has 2 aromatic carbocycles. The third kappa shape index (κ3) is 4.41. The number of piperidine rings is 1. The van der Waals surface area contributed by atoms with Crippen molar-refractivity contribution in [1.82, 2.24) is 15.5 Å². The molecule has 0 bridgehead atoms.